The molecular formula is C28H39ClO5Si. The molecule has 192 valence electrons. The molecule has 0 bridgehead atoms. The van der Waals surface area contributed by atoms with Gasteiger partial charge in [0.2, 0.25) is 19.9 Å². The Kier molecular flexibility index (Phi) is 9.81. The fraction of sp³-hybridized carbons (Fsp3) is 0.571. The molecule has 0 amide bonds. The first-order valence-corrected chi connectivity index (χ1v) is 14.8. The lowest BCUT2D eigenvalue weighted by Gasteiger charge is -2.45. The van der Waals surface area contributed by atoms with E-state index in [1.807, 2.05) is 0 Å². The molecule has 1 aliphatic carbocycles. The summed E-state index contributed by atoms with van der Waals surface area (Å²) in [6.07, 6.45) is 1.25. The molecule has 0 fully saturated rings. The van der Waals surface area contributed by atoms with Gasteiger partial charge in [0.15, 0.2) is 5.76 Å². The lowest BCUT2D eigenvalue weighted by molar-refractivity contribution is 0.0910. The normalized spacial score (nSPS) is 14.9. The molecule has 0 N–H and O–H groups in total. The number of allylic oxidation sites excluding steroid dienone is 2. The zero-order chi connectivity index (χ0) is 26.7. The van der Waals surface area contributed by atoms with Crippen LogP contribution in [0.1, 0.15) is 106 Å². The topological polar surface area (TPSA) is 61.8 Å². The number of rotatable bonds is 10. The van der Waals surface area contributed by atoms with Crippen molar-refractivity contribution in [3.8, 4) is 17.6 Å². The minimum Gasteiger partial charge on any atom is -0.496 e. The predicted octanol–water partition coefficient (Wildman–Crippen LogP) is 7.58. The lowest BCUT2D eigenvalue weighted by Crippen LogP contribution is -2.48. The summed E-state index contributed by atoms with van der Waals surface area (Å²) in [5, 5.41) is -0.244. The lowest BCUT2D eigenvalue weighted by atomic mass is 9.85. The van der Waals surface area contributed by atoms with Crippen molar-refractivity contribution in [2.75, 3.05) is 14.2 Å². The first kappa shape index (κ1) is 29.2. The molecule has 0 saturated carbocycles. The number of hydrogen-bond donors (Lipinski definition) is 0. The maximum Gasteiger partial charge on any atom is 0.230 e. The van der Waals surface area contributed by atoms with Gasteiger partial charge >= 0.3 is 0 Å². The summed E-state index contributed by atoms with van der Waals surface area (Å²) < 4.78 is 18.2. The molecule has 0 spiro atoms. The number of benzene rings is 1. The minimum absolute atomic E-state index is 0.149. The van der Waals surface area contributed by atoms with Crippen LogP contribution >= 0.6 is 11.6 Å². The summed E-state index contributed by atoms with van der Waals surface area (Å²) >= 11 is 6.29. The van der Waals surface area contributed by atoms with Gasteiger partial charge in [-0.15, -0.1) is 5.92 Å². The van der Waals surface area contributed by atoms with Gasteiger partial charge < -0.3 is 13.9 Å². The van der Waals surface area contributed by atoms with Crippen LogP contribution in [-0.4, -0.2) is 34.1 Å². The SMILES string of the molecule is CC#Cc1cc2c(c(OC)c1C(CCC)O[Si](C(C)C)(C(C)C)C(C)C)C(=O)C(Cl)=C(OC)C2=O. The largest absolute Gasteiger partial charge is 0.496 e. The third-order valence-corrected chi connectivity index (χ3v) is 13.4. The fourth-order valence-electron chi connectivity index (χ4n) is 5.64. The summed E-state index contributed by atoms with van der Waals surface area (Å²) in [7, 11) is 0.530. The molecule has 1 aliphatic rings. The highest BCUT2D eigenvalue weighted by atomic mass is 35.5. The third kappa shape index (κ3) is 5.09. The third-order valence-electron chi connectivity index (χ3n) is 6.99. The molecule has 0 saturated heterocycles. The monoisotopic (exact) mass is 518 g/mol. The Bertz CT molecular complexity index is 1050. The molecule has 1 atom stereocenters. The first-order chi connectivity index (χ1) is 16.4. The molecule has 35 heavy (non-hydrogen) atoms. The highest BCUT2D eigenvalue weighted by molar-refractivity contribution is 6.77. The van der Waals surface area contributed by atoms with Crippen molar-refractivity contribution in [1.82, 2.24) is 0 Å². The van der Waals surface area contributed by atoms with Crippen LogP contribution < -0.4 is 4.74 Å². The smallest absolute Gasteiger partial charge is 0.230 e. The van der Waals surface area contributed by atoms with E-state index in [0.717, 1.165) is 12.8 Å². The van der Waals surface area contributed by atoms with Crippen LogP contribution in [0.3, 0.4) is 0 Å². The van der Waals surface area contributed by atoms with Gasteiger partial charge in [-0.3, -0.25) is 9.59 Å². The van der Waals surface area contributed by atoms with Crippen LogP contribution in [0.4, 0.5) is 0 Å². The number of carbonyl (C=O) groups excluding carboxylic acids is 2. The molecule has 7 heteroatoms. The maximum absolute atomic E-state index is 13.4. The Morgan fingerprint density at radius 3 is 1.97 bits per heavy atom. The van der Waals surface area contributed by atoms with E-state index in [-0.39, 0.29) is 28.0 Å². The molecule has 0 aromatic heterocycles. The molecule has 1 unspecified atom stereocenters. The van der Waals surface area contributed by atoms with E-state index in [1.54, 1.807) is 13.0 Å². The van der Waals surface area contributed by atoms with Gasteiger partial charge in [-0.05, 0) is 36.0 Å². The second-order valence-corrected chi connectivity index (χ2v) is 15.7. The van der Waals surface area contributed by atoms with E-state index in [0.29, 0.717) is 33.5 Å². The number of ketones is 2. The van der Waals surface area contributed by atoms with Gasteiger partial charge in [-0.1, -0.05) is 72.4 Å². The molecular weight excluding hydrogens is 480 g/mol. The Hall–Kier alpha value is -2.07. The Balaban J connectivity index is 2.93. The summed E-state index contributed by atoms with van der Waals surface area (Å²) in [5.74, 6) is 5.29. The van der Waals surface area contributed by atoms with E-state index >= 15 is 0 Å². The minimum atomic E-state index is -2.30. The van der Waals surface area contributed by atoms with Crippen molar-refractivity contribution in [3.63, 3.8) is 0 Å². The van der Waals surface area contributed by atoms with Crippen molar-refractivity contribution in [3.05, 3.63) is 39.1 Å². The molecule has 5 nitrogen and oxygen atoms in total. The molecule has 1 aromatic carbocycles. The first-order valence-electron chi connectivity index (χ1n) is 12.3. The molecule has 1 aromatic rings. The van der Waals surface area contributed by atoms with Gasteiger partial charge in [-0.2, -0.15) is 0 Å². The number of ether oxygens (including phenoxy) is 2. The highest BCUT2D eigenvalue weighted by Crippen LogP contribution is 2.49. The number of halogens is 1. The van der Waals surface area contributed by atoms with Crippen LogP contribution in [0.15, 0.2) is 16.9 Å². The van der Waals surface area contributed by atoms with Crippen LogP contribution in [0.2, 0.25) is 16.6 Å². The van der Waals surface area contributed by atoms with Crippen LogP contribution in [0, 0.1) is 11.8 Å². The average Bonchev–Trinajstić information content (AvgIpc) is 2.79. The van der Waals surface area contributed by atoms with Crippen LogP contribution in [-0.2, 0) is 9.16 Å². The summed E-state index contributed by atoms with van der Waals surface area (Å²) in [6, 6.07) is 1.67. The van der Waals surface area contributed by atoms with E-state index in [4.69, 9.17) is 25.5 Å². The van der Waals surface area contributed by atoms with Crippen molar-refractivity contribution >= 4 is 31.5 Å². The number of carbonyl (C=O) groups is 2. The van der Waals surface area contributed by atoms with E-state index < -0.39 is 19.9 Å². The van der Waals surface area contributed by atoms with Gasteiger partial charge in [0.25, 0.3) is 0 Å². The molecule has 0 radical (unpaired) electrons. The fourth-order valence-corrected chi connectivity index (χ4v) is 11.4. The quantitative estimate of drug-likeness (QED) is 0.236. The molecule has 0 heterocycles. The maximum atomic E-state index is 13.4. The zero-order valence-electron chi connectivity index (χ0n) is 22.7. The Labute approximate surface area is 216 Å². The summed E-state index contributed by atoms with van der Waals surface area (Å²) in [5.41, 5.74) is 2.78. The number of Topliss-reactive ketones (excluding diaryl/α,β-unsaturated/α-hetero) is 2. The van der Waals surface area contributed by atoms with Gasteiger partial charge in [0.1, 0.15) is 10.8 Å². The van der Waals surface area contributed by atoms with E-state index in [2.05, 4.69) is 60.3 Å². The number of methoxy groups -OCH3 is 2. The highest BCUT2D eigenvalue weighted by Gasteiger charge is 2.48. The van der Waals surface area contributed by atoms with Crippen molar-refractivity contribution in [2.45, 2.75) is 91.0 Å². The van der Waals surface area contributed by atoms with Crippen LogP contribution in [0.5, 0.6) is 5.75 Å². The van der Waals surface area contributed by atoms with Crippen LogP contribution in [0.25, 0.3) is 0 Å². The second-order valence-electron chi connectivity index (χ2n) is 9.89. The van der Waals surface area contributed by atoms with Gasteiger partial charge in [-0.25, -0.2) is 0 Å². The zero-order valence-corrected chi connectivity index (χ0v) is 24.5. The molecule has 0 aliphatic heterocycles. The summed E-state index contributed by atoms with van der Waals surface area (Å²) in [6.45, 7) is 17.3. The standard InChI is InChI=1S/C28H39ClO5Si/c1-11-13-19-15-20-23(26(31)24(29)28(33-10)25(20)30)27(32-9)22(19)21(14-12-2)34-35(16(3)4,17(5)6)18(7)8/h15-18,21H,12,14H2,1-10H3. The predicted molar refractivity (Wildman–Crippen MR) is 144 cm³/mol. The van der Waals surface area contributed by atoms with E-state index in [9.17, 15) is 9.59 Å². The molecule has 2 rings (SSSR count). The summed E-state index contributed by atoms with van der Waals surface area (Å²) in [4.78, 5) is 26.5. The Morgan fingerprint density at radius 2 is 1.54 bits per heavy atom. The van der Waals surface area contributed by atoms with Gasteiger partial charge in [0, 0.05) is 16.7 Å². The van der Waals surface area contributed by atoms with E-state index in [1.165, 1.54) is 14.2 Å². The average molecular weight is 519 g/mol. The second kappa shape index (κ2) is 11.8. The number of hydrogen-bond acceptors (Lipinski definition) is 5. The number of fused-ring (bicyclic) bond motifs is 1. The van der Waals surface area contributed by atoms with Crippen molar-refractivity contribution < 1.29 is 23.5 Å². The van der Waals surface area contributed by atoms with Crippen molar-refractivity contribution in [2.24, 2.45) is 0 Å². The van der Waals surface area contributed by atoms with Crippen molar-refractivity contribution in [1.29, 1.82) is 0 Å². The Morgan fingerprint density at radius 1 is 0.971 bits per heavy atom. The van der Waals surface area contributed by atoms with Gasteiger partial charge in [0.05, 0.1) is 25.9 Å².